The van der Waals surface area contributed by atoms with Gasteiger partial charge in [0.1, 0.15) is 10.8 Å². The Balaban J connectivity index is 2.13. The van der Waals surface area contributed by atoms with E-state index in [2.05, 4.69) is 5.32 Å². The van der Waals surface area contributed by atoms with E-state index in [0.29, 0.717) is 12.0 Å². The van der Waals surface area contributed by atoms with Gasteiger partial charge in [-0.05, 0) is 24.6 Å². The van der Waals surface area contributed by atoms with Crippen molar-refractivity contribution < 1.29 is 12.8 Å². The number of sulfone groups is 1. The van der Waals surface area contributed by atoms with E-state index in [9.17, 15) is 12.8 Å². The first-order valence-electron chi connectivity index (χ1n) is 5.44. The van der Waals surface area contributed by atoms with Gasteiger partial charge < -0.3 is 11.1 Å². The third-order valence-electron chi connectivity index (χ3n) is 2.85. The summed E-state index contributed by atoms with van der Waals surface area (Å²) in [6, 6.07) is 4.14. The smallest absolute Gasteiger partial charge is 0.152 e. The molecule has 0 aliphatic carbocycles. The van der Waals surface area contributed by atoms with Crippen LogP contribution in [0.15, 0.2) is 18.2 Å². The van der Waals surface area contributed by atoms with Crippen LogP contribution in [0.1, 0.15) is 12.0 Å². The van der Waals surface area contributed by atoms with Gasteiger partial charge in [-0.15, -0.1) is 0 Å². The maximum absolute atomic E-state index is 13.7. The maximum atomic E-state index is 13.7. The molecule has 4 nitrogen and oxygen atoms in total. The Hall–Kier alpha value is -1.21. The lowest BCUT2D eigenvalue weighted by atomic mass is 10.1. The van der Waals surface area contributed by atoms with E-state index in [1.54, 1.807) is 6.07 Å². The molecule has 2 rings (SSSR count). The molecule has 0 bridgehead atoms. The van der Waals surface area contributed by atoms with Crippen molar-refractivity contribution in [2.24, 2.45) is 5.73 Å². The number of anilines is 1. The van der Waals surface area contributed by atoms with Crippen LogP contribution in [0.2, 0.25) is 0 Å². The number of thiocarbonyl (C=S) groups is 1. The van der Waals surface area contributed by atoms with Crippen LogP contribution in [0.3, 0.4) is 0 Å². The van der Waals surface area contributed by atoms with Gasteiger partial charge in [0.25, 0.3) is 0 Å². The Morgan fingerprint density at radius 1 is 1.50 bits per heavy atom. The summed E-state index contributed by atoms with van der Waals surface area (Å²) in [5.41, 5.74) is 6.12. The molecule has 1 unspecified atom stereocenters. The zero-order valence-corrected chi connectivity index (χ0v) is 11.2. The standard InChI is InChI=1S/C11H13FN2O2S2/c12-9-5-7(11(13)17)1-2-10(9)14-8-3-4-18(15,16)6-8/h1-2,5,8,14H,3-4,6H2,(H2,13,17). The summed E-state index contributed by atoms with van der Waals surface area (Å²) < 4.78 is 36.3. The molecule has 0 amide bonds. The first kappa shape index (κ1) is 13.2. The second-order valence-corrected chi connectivity index (χ2v) is 6.97. The van der Waals surface area contributed by atoms with Crippen molar-refractivity contribution in [1.29, 1.82) is 0 Å². The monoisotopic (exact) mass is 288 g/mol. The van der Waals surface area contributed by atoms with Crippen molar-refractivity contribution in [2.45, 2.75) is 12.5 Å². The molecule has 1 aromatic carbocycles. The number of hydrogen-bond donors (Lipinski definition) is 2. The summed E-state index contributed by atoms with van der Waals surface area (Å²) in [5, 5.41) is 2.89. The number of benzene rings is 1. The molecule has 0 spiro atoms. The molecule has 1 atom stereocenters. The lowest BCUT2D eigenvalue weighted by Crippen LogP contribution is -2.21. The van der Waals surface area contributed by atoms with Crippen LogP contribution in [0.4, 0.5) is 10.1 Å². The van der Waals surface area contributed by atoms with Crippen molar-refractivity contribution in [2.75, 3.05) is 16.8 Å². The SMILES string of the molecule is NC(=S)c1ccc(NC2CCS(=O)(=O)C2)c(F)c1. The van der Waals surface area contributed by atoms with Crippen molar-refractivity contribution in [3.05, 3.63) is 29.6 Å². The van der Waals surface area contributed by atoms with E-state index in [1.807, 2.05) is 0 Å². The summed E-state index contributed by atoms with van der Waals surface area (Å²) >= 11 is 4.75. The van der Waals surface area contributed by atoms with Crippen LogP contribution in [0, 0.1) is 5.82 Å². The van der Waals surface area contributed by atoms with Gasteiger partial charge in [0, 0.05) is 11.6 Å². The predicted molar refractivity (Wildman–Crippen MR) is 73.0 cm³/mol. The molecule has 1 aliphatic rings. The van der Waals surface area contributed by atoms with Gasteiger partial charge in [0.05, 0.1) is 17.2 Å². The number of hydrogen-bond acceptors (Lipinski definition) is 4. The second kappa shape index (κ2) is 4.81. The lowest BCUT2D eigenvalue weighted by Gasteiger charge is -2.13. The topological polar surface area (TPSA) is 72.2 Å². The number of nitrogens with two attached hydrogens (primary N) is 1. The fourth-order valence-electron chi connectivity index (χ4n) is 1.91. The zero-order valence-electron chi connectivity index (χ0n) is 9.52. The van der Waals surface area contributed by atoms with Gasteiger partial charge >= 0.3 is 0 Å². The molecule has 1 fully saturated rings. The van der Waals surface area contributed by atoms with Crippen molar-refractivity contribution in [1.82, 2.24) is 0 Å². The first-order chi connectivity index (χ1) is 8.37. The van der Waals surface area contributed by atoms with Gasteiger partial charge in [0.15, 0.2) is 9.84 Å². The summed E-state index contributed by atoms with van der Waals surface area (Å²) in [6.07, 6.45) is 0.499. The first-order valence-corrected chi connectivity index (χ1v) is 7.67. The van der Waals surface area contributed by atoms with Crippen molar-refractivity contribution >= 4 is 32.7 Å². The van der Waals surface area contributed by atoms with Gasteiger partial charge in [-0.1, -0.05) is 12.2 Å². The van der Waals surface area contributed by atoms with Gasteiger partial charge in [0.2, 0.25) is 0 Å². The molecule has 1 aliphatic heterocycles. The van der Waals surface area contributed by atoms with E-state index >= 15 is 0 Å². The highest BCUT2D eigenvalue weighted by molar-refractivity contribution is 7.91. The van der Waals surface area contributed by atoms with Crippen LogP contribution in [0.25, 0.3) is 0 Å². The highest BCUT2D eigenvalue weighted by Crippen LogP contribution is 2.21. The van der Waals surface area contributed by atoms with E-state index in [4.69, 9.17) is 18.0 Å². The van der Waals surface area contributed by atoms with E-state index < -0.39 is 15.7 Å². The normalized spacial score (nSPS) is 21.7. The fourth-order valence-corrected chi connectivity index (χ4v) is 3.71. The average molecular weight is 288 g/mol. The molecular formula is C11H13FN2O2S2. The summed E-state index contributed by atoms with van der Waals surface area (Å²) in [6.45, 7) is 0. The predicted octanol–water partition coefficient (Wildman–Crippen LogP) is 1.06. The van der Waals surface area contributed by atoms with Crippen LogP contribution in [0.5, 0.6) is 0 Å². The molecule has 1 aromatic rings. The number of halogens is 1. The minimum atomic E-state index is -2.98. The molecule has 1 heterocycles. The summed E-state index contributed by atoms with van der Waals surface area (Å²) in [4.78, 5) is 0.129. The van der Waals surface area contributed by atoms with Gasteiger partial charge in [-0.2, -0.15) is 0 Å². The Bertz CT molecular complexity index is 587. The van der Waals surface area contributed by atoms with Gasteiger partial charge in [-0.3, -0.25) is 0 Å². The minimum absolute atomic E-state index is 0.0451. The highest BCUT2D eigenvalue weighted by atomic mass is 32.2. The average Bonchev–Trinajstić information content (AvgIpc) is 2.61. The third-order valence-corrected chi connectivity index (χ3v) is 4.85. The maximum Gasteiger partial charge on any atom is 0.152 e. The molecular weight excluding hydrogens is 275 g/mol. The van der Waals surface area contributed by atoms with Crippen LogP contribution in [-0.2, 0) is 9.84 Å². The van der Waals surface area contributed by atoms with Crippen LogP contribution in [-0.4, -0.2) is 31.0 Å². The van der Waals surface area contributed by atoms with Crippen LogP contribution >= 0.6 is 12.2 Å². The molecule has 3 N–H and O–H groups in total. The molecule has 1 saturated heterocycles. The Labute approximate surface area is 110 Å². The molecule has 0 radical (unpaired) electrons. The molecule has 0 saturated carbocycles. The van der Waals surface area contributed by atoms with Crippen molar-refractivity contribution in [3.63, 3.8) is 0 Å². The van der Waals surface area contributed by atoms with E-state index in [-0.39, 0.29) is 28.2 Å². The quantitative estimate of drug-likeness (QED) is 0.814. The van der Waals surface area contributed by atoms with E-state index in [0.717, 1.165) is 0 Å². The molecule has 0 aromatic heterocycles. The van der Waals surface area contributed by atoms with Crippen molar-refractivity contribution in [3.8, 4) is 0 Å². The molecule has 98 valence electrons. The second-order valence-electron chi connectivity index (χ2n) is 4.30. The summed E-state index contributed by atoms with van der Waals surface area (Å²) in [5.74, 6) is -0.287. The number of nitrogens with one attached hydrogen (secondary N) is 1. The van der Waals surface area contributed by atoms with Gasteiger partial charge in [-0.25, -0.2) is 12.8 Å². The Kier molecular flexibility index (Phi) is 3.54. The number of rotatable bonds is 3. The minimum Gasteiger partial charge on any atom is -0.389 e. The Morgan fingerprint density at radius 2 is 2.22 bits per heavy atom. The largest absolute Gasteiger partial charge is 0.389 e. The van der Waals surface area contributed by atoms with Crippen LogP contribution < -0.4 is 11.1 Å². The highest BCUT2D eigenvalue weighted by Gasteiger charge is 2.28. The fraction of sp³-hybridized carbons (Fsp3) is 0.364. The third kappa shape index (κ3) is 2.97. The lowest BCUT2D eigenvalue weighted by molar-refractivity contribution is 0.601. The molecule has 7 heteroatoms. The van der Waals surface area contributed by atoms with E-state index in [1.165, 1.54) is 12.1 Å². The zero-order chi connectivity index (χ0) is 13.3. The molecule has 18 heavy (non-hydrogen) atoms. The summed E-state index contributed by atoms with van der Waals surface area (Å²) in [7, 11) is -2.98. The Morgan fingerprint density at radius 3 is 2.72 bits per heavy atom.